The number of Topliss-reactive ketones (excluding diaryl/α,β-unsaturated/α-hetero) is 1. The third-order valence-electron chi connectivity index (χ3n) is 1.83. The van der Waals surface area contributed by atoms with Crippen LogP contribution in [0, 0.1) is 0 Å². The lowest BCUT2D eigenvalue weighted by Crippen LogP contribution is -2.28. The van der Waals surface area contributed by atoms with Gasteiger partial charge in [-0.2, -0.15) is 12.6 Å². The number of hydrogen-bond donors (Lipinski definition) is 1. The SMILES string of the molecule is CCC(S)(CC)C(C)=O. The fraction of sp³-hybridized carbons (Fsp3) is 0.857. The molecule has 2 heteroatoms. The van der Waals surface area contributed by atoms with Crippen molar-refractivity contribution >= 4 is 18.4 Å². The Balaban J connectivity index is 4.09. The third-order valence-corrected chi connectivity index (χ3v) is 2.77. The van der Waals surface area contributed by atoms with Gasteiger partial charge < -0.3 is 0 Å². The fourth-order valence-electron chi connectivity index (χ4n) is 0.748. The maximum Gasteiger partial charge on any atom is 0.145 e. The van der Waals surface area contributed by atoms with E-state index in [9.17, 15) is 4.79 Å². The Morgan fingerprint density at radius 3 is 1.78 bits per heavy atom. The quantitative estimate of drug-likeness (QED) is 0.603. The molecule has 0 aliphatic heterocycles. The first kappa shape index (κ1) is 9.02. The molecule has 0 aliphatic carbocycles. The molecule has 0 bridgehead atoms. The van der Waals surface area contributed by atoms with E-state index in [1.165, 1.54) is 0 Å². The normalized spacial score (nSPS) is 11.6. The van der Waals surface area contributed by atoms with E-state index in [1.807, 2.05) is 13.8 Å². The molecule has 0 unspecified atom stereocenters. The molecule has 0 atom stereocenters. The van der Waals surface area contributed by atoms with Crippen LogP contribution in [0.2, 0.25) is 0 Å². The van der Waals surface area contributed by atoms with E-state index >= 15 is 0 Å². The number of carbonyl (C=O) groups excluding carboxylic acids is 1. The molecule has 0 N–H and O–H groups in total. The Kier molecular flexibility index (Phi) is 3.26. The van der Waals surface area contributed by atoms with Crippen LogP contribution >= 0.6 is 12.6 Å². The Hall–Kier alpha value is 0.0200. The van der Waals surface area contributed by atoms with Gasteiger partial charge in [0.15, 0.2) is 0 Å². The molecular formula is C7H14OS. The maximum absolute atomic E-state index is 10.9. The topological polar surface area (TPSA) is 17.1 Å². The summed E-state index contributed by atoms with van der Waals surface area (Å²) in [6, 6.07) is 0. The van der Waals surface area contributed by atoms with Crippen molar-refractivity contribution in [3.8, 4) is 0 Å². The Bertz CT molecular complexity index is 105. The predicted octanol–water partition coefficient (Wildman–Crippen LogP) is 2.06. The van der Waals surface area contributed by atoms with Gasteiger partial charge >= 0.3 is 0 Å². The second kappa shape index (κ2) is 3.25. The largest absolute Gasteiger partial charge is 0.298 e. The molecule has 0 aromatic heterocycles. The molecule has 0 aromatic rings. The van der Waals surface area contributed by atoms with Gasteiger partial charge in [-0.3, -0.25) is 4.79 Å². The van der Waals surface area contributed by atoms with Crippen LogP contribution in [0.1, 0.15) is 33.6 Å². The monoisotopic (exact) mass is 146 g/mol. The number of ketones is 1. The number of thiol groups is 1. The molecule has 0 radical (unpaired) electrons. The van der Waals surface area contributed by atoms with E-state index in [0.29, 0.717) is 0 Å². The summed E-state index contributed by atoms with van der Waals surface area (Å²) in [5.74, 6) is 0.177. The molecule has 0 amide bonds. The van der Waals surface area contributed by atoms with Gasteiger partial charge in [-0.15, -0.1) is 0 Å². The first-order chi connectivity index (χ1) is 4.06. The molecule has 0 aromatic carbocycles. The van der Waals surface area contributed by atoms with Crippen LogP contribution in [-0.4, -0.2) is 10.5 Å². The molecule has 0 rings (SSSR count). The number of carbonyl (C=O) groups is 1. The highest BCUT2D eigenvalue weighted by atomic mass is 32.1. The van der Waals surface area contributed by atoms with E-state index in [-0.39, 0.29) is 10.5 Å². The second-order valence-electron chi connectivity index (χ2n) is 2.29. The van der Waals surface area contributed by atoms with Crippen molar-refractivity contribution in [3.05, 3.63) is 0 Å². The average Bonchev–Trinajstić information content (AvgIpc) is 1.86. The molecule has 0 saturated heterocycles. The zero-order chi connectivity index (χ0) is 7.49. The van der Waals surface area contributed by atoms with Crippen molar-refractivity contribution in [3.63, 3.8) is 0 Å². The lowest BCUT2D eigenvalue weighted by atomic mass is 9.98. The summed E-state index contributed by atoms with van der Waals surface area (Å²) < 4.78 is -0.361. The van der Waals surface area contributed by atoms with Crippen LogP contribution in [0.15, 0.2) is 0 Å². The minimum absolute atomic E-state index is 0.177. The Labute approximate surface area is 62.2 Å². The Morgan fingerprint density at radius 1 is 1.44 bits per heavy atom. The summed E-state index contributed by atoms with van der Waals surface area (Å²) in [6.07, 6.45) is 1.64. The highest BCUT2D eigenvalue weighted by Crippen LogP contribution is 2.23. The average molecular weight is 146 g/mol. The lowest BCUT2D eigenvalue weighted by Gasteiger charge is -2.20. The summed E-state index contributed by atoms with van der Waals surface area (Å²) in [5.41, 5.74) is 0. The highest BCUT2D eigenvalue weighted by Gasteiger charge is 2.25. The van der Waals surface area contributed by atoms with Gasteiger partial charge in [-0.1, -0.05) is 13.8 Å². The molecule has 0 saturated carbocycles. The van der Waals surface area contributed by atoms with E-state index in [1.54, 1.807) is 6.92 Å². The van der Waals surface area contributed by atoms with Gasteiger partial charge in [0.05, 0.1) is 4.75 Å². The van der Waals surface area contributed by atoms with Crippen LogP contribution in [-0.2, 0) is 4.79 Å². The number of hydrogen-bond acceptors (Lipinski definition) is 2. The predicted molar refractivity (Wildman–Crippen MR) is 43.0 cm³/mol. The zero-order valence-corrected chi connectivity index (χ0v) is 7.16. The van der Waals surface area contributed by atoms with Crippen molar-refractivity contribution in [2.75, 3.05) is 0 Å². The fourth-order valence-corrected chi connectivity index (χ4v) is 0.748. The van der Waals surface area contributed by atoms with Gasteiger partial charge in [-0.05, 0) is 19.8 Å². The third kappa shape index (κ3) is 2.01. The van der Waals surface area contributed by atoms with Crippen molar-refractivity contribution in [1.82, 2.24) is 0 Å². The van der Waals surface area contributed by atoms with Crippen molar-refractivity contribution < 1.29 is 4.79 Å². The summed E-state index contributed by atoms with van der Waals surface area (Å²) in [7, 11) is 0. The highest BCUT2D eigenvalue weighted by molar-refractivity contribution is 7.82. The smallest absolute Gasteiger partial charge is 0.145 e. The minimum atomic E-state index is -0.361. The van der Waals surface area contributed by atoms with Crippen molar-refractivity contribution in [2.24, 2.45) is 0 Å². The first-order valence-corrected chi connectivity index (χ1v) is 3.75. The molecule has 0 fully saturated rings. The number of rotatable bonds is 3. The van der Waals surface area contributed by atoms with E-state index in [0.717, 1.165) is 12.8 Å². The van der Waals surface area contributed by atoms with Crippen LogP contribution < -0.4 is 0 Å². The van der Waals surface area contributed by atoms with Crippen molar-refractivity contribution in [2.45, 2.75) is 38.4 Å². The van der Waals surface area contributed by atoms with Gasteiger partial charge in [0.25, 0.3) is 0 Å². The zero-order valence-electron chi connectivity index (χ0n) is 6.27. The van der Waals surface area contributed by atoms with Gasteiger partial charge in [-0.25, -0.2) is 0 Å². The van der Waals surface area contributed by atoms with Gasteiger partial charge in [0.2, 0.25) is 0 Å². The van der Waals surface area contributed by atoms with Crippen LogP contribution in [0.5, 0.6) is 0 Å². The maximum atomic E-state index is 10.9. The lowest BCUT2D eigenvalue weighted by molar-refractivity contribution is -0.119. The van der Waals surface area contributed by atoms with E-state index in [2.05, 4.69) is 12.6 Å². The van der Waals surface area contributed by atoms with Crippen LogP contribution in [0.3, 0.4) is 0 Å². The standard InChI is InChI=1S/C7H14OS/c1-4-7(9,5-2)6(3)8/h9H,4-5H2,1-3H3. The van der Waals surface area contributed by atoms with Crippen LogP contribution in [0.25, 0.3) is 0 Å². The van der Waals surface area contributed by atoms with Gasteiger partial charge in [0.1, 0.15) is 5.78 Å². The van der Waals surface area contributed by atoms with E-state index in [4.69, 9.17) is 0 Å². The summed E-state index contributed by atoms with van der Waals surface area (Å²) in [5, 5.41) is 0. The molecule has 0 aliphatic rings. The van der Waals surface area contributed by atoms with Gasteiger partial charge in [0, 0.05) is 0 Å². The van der Waals surface area contributed by atoms with E-state index < -0.39 is 0 Å². The van der Waals surface area contributed by atoms with Crippen LogP contribution in [0.4, 0.5) is 0 Å². The molecule has 0 heterocycles. The molecular weight excluding hydrogens is 132 g/mol. The molecule has 54 valence electrons. The summed E-state index contributed by atoms with van der Waals surface area (Å²) in [6.45, 7) is 5.57. The minimum Gasteiger partial charge on any atom is -0.298 e. The summed E-state index contributed by atoms with van der Waals surface area (Å²) in [4.78, 5) is 10.9. The molecule has 0 spiro atoms. The summed E-state index contributed by atoms with van der Waals surface area (Å²) >= 11 is 4.26. The Morgan fingerprint density at radius 2 is 1.78 bits per heavy atom. The van der Waals surface area contributed by atoms with Crippen molar-refractivity contribution in [1.29, 1.82) is 0 Å². The molecule has 1 nitrogen and oxygen atoms in total. The first-order valence-electron chi connectivity index (χ1n) is 3.30. The second-order valence-corrected chi connectivity index (χ2v) is 3.15. The molecule has 9 heavy (non-hydrogen) atoms.